The molecular weight excluding hydrogens is 372 g/mol. The third kappa shape index (κ3) is 8.06. The molecule has 0 aromatic heterocycles. The quantitative estimate of drug-likeness (QED) is 0.219. The van der Waals surface area contributed by atoms with E-state index in [1.807, 2.05) is 0 Å². The predicted molar refractivity (Wildman–Crippen MR) is 135 cm³/mol. The van der Waals surface area contributed by atoms with Crippen molar-refractivity contribution in [2.45, 2.75) is 90.4 Å². The molecule has 0 saturated heterocycles. The largest absolute Gasteiger partial charge is 0.0888 e. The van der Waals surface area contributed by atoms with Crippen molar-refractivity contribution in [3.63, 3.8) is 0 Å². The van der Waals surface area contributed by atoms with Crippen molar-refractivity contribution >= 4 is 0 Å². The molecule has 0 heterocycles. The minimum Gasteiger partial charge on any atom is -0.0888 e. The molecule has 31 heavy (non-hydrogen) atoms. The van der Waals surface area contributed by atoms with Crippen molar-refractivity contribution < 1.29 is 0 Å². The molecule has 1 aliphatic carbocycles. The maximum Gasteiger partial charge on any atom is 0.0249 e. The van der Waals surface area contributed by atoms with E-state index >= 15 is 0 Å². The summed E-state index contributed by atoms with van der Waals surface area (Å²) in [7, 11) is 0. The van der Waals surface area contributed by atoms with Gasteiger partial charge in [0.2, 0.25) is 0 Å². The molecule has 1 saturated carbocycles. The fourth-order valence-corrected chi connectivity index (χ4v) is 4.74. The van der Waals surface area contributed by atoms with Crippen LogP contribution in [0.25, 0.3) is 0 Å². The first-order chi connectivity index (χ1) is 15.3. The van der Waals surface area contributed by atoms with Gasteiger partial charge in [0.1, 0.15) is 0 Å². The number of hydrogen-bond donors (Lipinski definition) is 0. The van der Waals surface area contributed by atoms with Gasteiger partial charge in [-0.3, -0.25) is 0 Å². The third-order valence-electron chi connectivity index (χ3n) is 6.75. The second-order valence-electron chi connectivity index (χ2n) is 9.20. The molecule has 0 atom stereocenters. The lowest BCUT2D eigenvalue weighted by Gasteiger charge is -2.29. The smallest absolute Gasteiger partial charge is 0.0249 e. The Bertz CT molecular complexity index is 834. The molecule has 2 aromatic rings. The first-order valence-corrected chi connectivity index (χ1v) is 12.6. The van der Waals surface area contributed by atoms with Crippen molar-refractivity contribution in [3.8, 4) is 11.8 Å². The van der Waals surface area contributed by atoms with Gasteiger partial charge in [0.05, 0.1) is 0 Å². The van der Waals surface area contributed by atoms with Gasteiger partial charge in [0, 0.05) is 11.1 Å². The number of aryl methyl sites for hydroxylation is 1. The topological polar surface area (TPSA) is 0 Å². The van der Waals surface area contributed by atoms with E-state index in [0.29, 0.717) is 0 Å². The predicted octanol–water partition coefficient (Wildman–Crippen LogP) is 8.84. The standard InChI is InChI=1S/C31H40/c1-3-5-7-9-11-26-12-14-28(15-13-26)16-17-29-20-24-31(25-21-29)30-22-18-27(19-23-30)10-8-6-4-2/h5,7,12-15,20-21,24-25,27,30H,3-4,6,8-11,18-19,22-23H2,1-2H3/b7-5+. The Balaban J connectivity index is 1.48. The molecule has 1 fully saturated rings. The molecule has 1 aliphatic rings. The van der Waals surface area contributed by atoms with Crippen molar-refractivity contribution in [2.75, 3.05) is 0 Å². The Labute approximate surface area is 191 Å². The Morgan fingerprint density at radius 1 is 0.774 bits per heavy atom. The highest BCUT2D eigenvalue weighted by atomic mass is 14.3. The minimum atomic E-state index is 0.754. The van der Waals surface area contributed by atoms with E-state index in [0.717, 1.165) is 42.2 Å². The lowest BCUT2D eigenvalue weighted by molar-refractivity contribution is 0.303. The second-order valence-corrected chi connectivity index (χ2v) is 9.20. The number of rotatable bonds is 9. The van der Waals surface area contributed by atoms with Crippen LogP contribution in [0, 0.1) is 17.8 Å². The van der Waals surface area contributed by atoms with E-state index in [9.17, 15) is 0 Å². The molecule has 0 amide bonds. The summed E-state index contributed by atoms with van der Waals surface area (Å²) in [5.41, 5.74) is 5.11. The van der Waals surface area contributed by atoms with Gasteiger partial charge in [-0.15, -0.1) is 0 Å². The Morgan fingerprint density at radius 3 is 2.03 bits per heavy atom. The van der Waals surface area contributed by atoms with Crippen LogP contribution in [0.2, 0.25) is 0 Å². The summed E-state index contributed by atoms with van der Waals surface area (Å²) in [6.45, 7) is 4.48. The normalized spacial score (nSPS) is 18.6. The highest BCUT2D eigenvalue weighted by molar-refractivity contribution is 5.44. The highest BCUT2D eigenvalue weighted by Gasteiger charge is 2.21. The number of unbranched alkanes of at least 4 members (excludes halogenated alkanes) is 2. The van der Waals surface area contributed by atoms with E-state index in [1.165, 1.54) is 62.5 Å². The van der Waals surface area contributed by atoms with Crippen LogP contribution in [-0.2, 0) is 6.42 Å². The first-order valence-electron chi connectivity index (χ1n) is 12.6. The summed E-state index contributed by atoms with van der Waals surface area (Å²) in [5.74, 6) is 8.41. The van der Waals surface area contributed by atoms with Gasteiger partial charge in [0.25, 0.3) is 0 Å². The number of benzene rings is 2. The second kappa shape index (κ2) is 13.2. The van der Waals surface area contributed by atoms with E-state index in [2.05, 4.69) is 86.4 Å². The maximum atomic E-state index is 3.35. The summed E-state index contributed by atoms with van der Waals surface area (Å²) in [5, 5.41) is 0. The number of hydrogen-bond acceptors (Lipinski definition) is 0. The Hall–Kier alpha value is -2.26. The van der Waals surface area contributed by atoms with E-state index in [1.54, 1.807) is 0 Å². The monoisotopic (exact) mass is 412 g/mol. The molecule has 3 rings (SSSR count). The summed E-state index contributed by atoms with van der Waals surface area (Å²) in [4.78, 5) is 0. The van der Waals surface area contributed by atoms with Crippen LogP contribution in [0.5, 0.6) is 0 Å². The van der Waals surface area contributed by atoms with Crippen LogP contribution >= 0.6 is 0 Å². The van der Waals surface area contributed by atoms with E-state index < -0.39 is 0 Å². The van der Waals surface area contributed by atoms with Crippen LogP contribution in [0.3, 0.4) is 0 Å². The molecule has 0 nitrogen and oxygen atoms in total. The molecule has 0 spiro atoms. The van der Waals surface area contributed by atoms with Gasteiger partial charge < -0.3 is 0 Å². The maximum absolute atomic E-state index is 3.35. The molecule has 0 aliphatic heterocycles. The lowest BCUT2D eigenvalue weighted by Crippen LogP contribution is -2.13. The summed E-state index contributed by atoms with van der Waals surface area (Å²) in [6.07, 6.45) is 19.0. The zero-order valence-electron chi connectivity index (χ0n) is 19.7. The fraction of sp³-hybridized carbons (Fsp3) is 0.484. The van der Waals surface area contributed by atoms with Gasteiger partial charge in [-0.25, -0.2) is 0 Å². The molecule has 164 valence electrons. The van der Waals surface area contributed by atoms with Gasteiger partial charge in [0.15, 0.2) is 0 Å². The van der Waals surface area contributed by atoms with E-state index in [-0.39, 0.29) is 0 Å². The van der Waals surface area contributed by atoms with Crippen LogP contribution in [0.1, 0.15) is 106 Å². The van der Waals surface area contributed by atoms with Crippen molar-refractivity contribution in [2.24, 2.45) is 5.92 Å². The molecule has 0 heteroatoms. The van der Waals surface area contributed by atoms with Crippen LogP contribution in [-0.4, -0.2) is 0 Å². The van der Waals surface area contributed by atoms with Gasteiger partial charge in [-0.1, -0.05) is 87.8 Å². The van der Waals surface area contributed by atoms with Crippen molar-refractivity contribution in [1.82, 2.24) is 0 Å². The molecule has 0 unspecified atom stereocenters. The minimum absolute atomic E-state index is 0.754. The SMILES string of the molecule is CC/C=C/CCc1ccc(C#Cc2ccc(C3CCC(CCCCC)CC3)cc2)cc1. The molecule has 0 N–H and O–H groups in total. The average Bonchev–Trinajstić information content (AvgIpc) is 2.82. The molecular formula is C31H40. The van der Waals surface area contributed by atoms with Crippen LogP contribution < -0.4 is 0 Å². The molecule has 0 radical (unpaired) electrons. The average molecular weight is 413 g/mol. The Morgan fingerprint density at radius 2 is 1.42 bits per heavy atom. The number of allylic oxidation sites excluding steroid dienone is 2. The van der Waals surface area contributed by atoms with Crippen LogP contribution in [0.4, 0.5) is 0 Å². The van der Waals surface area contributed by atoms with Gasteiger partial charge in [-0.05, 0) is 92.2 Å². The zero-order valence-corrected chi connectivity index (χ0v) is 19.7. The highest BCUT2D eigenvalue weighted by Crippen LogP contribution is 2.37. The summed E-state index contributed by atoms with van der Waals surface area (Å²) >= 11 is 0. The van der Waals surface area contributed by atoms with Crippen molar-refractivity contribution in [1.29, 1.82) is 0 Å². The Kier molecular flexibility index (Phi) is 9.98. The lowest BCUT2D eigenvalue weighted by atomic mass is 9.77. The summed E-state index contributed by atoms with van der Waals surface area (Å²) < 4.78 is 0. The molecule has 2 aromatic carbocycles. The third-order valence-corrected chi connectivity index (χ3v) is 6.75. The fourth-order valence-electron chi connectivity index (χ4n) is 4.74. The van der Waals surface area contributed by atoms with Crippen LogP contribution in [0.15, 0.2) is 60.7 Å². The first kappa shape index (κ1) is 23.4. The van der Waals surface area contributed by atoms with E-state index in [4.69, 9.17) is 0 Å². The van der Waals surface area contributed by atoms with Crippen molar-refractivity contribution in [3.05, 3.63) is 82.9 Å². The molecule has 0 bridgehead atoms. The zero-order chi connectivity index (χ0) is 21.7. The summed E-state index contributed by atoms with van der Waals surface area (Å²) in [6, 6.07) is 17.8. The van der Waals surface area contributed by atoms with Gasteiger partial charge >= 0.3 is 0 Å². The van der Waals surface area contributed by atoms with Gasteiger partial charge in [-0.2, -0.15) is 0 Å².